The van der Waals surface area contributed by atoms with Crippen LogP contribution >= 0.6 is 22.7 Å². The lowest BCUT2D eigenvalue weighted by Crippen LogP contribution is -2.40. The van der Waals surface area contributed by atoms with Crippen molar-refractivity contribution in [3.8, 4) is 0 Å². The van der Waals surface area contributed by atoms with Crippen molar-refractivity contribution in [2.75, 3.05) is 23.3 Å². The average Bonchev–Trinajstić information content (AvgIpc) is 3.58. The van der Waals surface area contributed by atoms with Gasteiger partial charge in [0.05, 0.1) is 15.8 Å². The number of fused-ring (bicyclic) bond motifs is 1. The number of hydrogen-bond acceptors (Lipinski definition) is 6. The summed E-state index contributed by atoms with van der Waals surface area (Å²) >= 11 is 2.90. The largest absolute Gasteiger partial charge is 0.372 e. The molecule has 1 fully saturated rings. The van der Waals surface area contributed by atoms with Gasteiger partial charge in [-0.2, -0.15) is 0 Å². The van der Waals surface area contributed by atoms with Crippen LogP contribution in [0.4, 0.5) is 11.4 Å². The molecule has 2 aromatic carbocycles. The molecule has 0 bridgehead atoms. The van der Waals surface area contributed by atoms with E-state index in [1.54, 1.807) is 4.57 Å². The molecule has 1 saturated heterocycles. The first kappa shape index (κ1) is 24.6. The molecule has 2 aliphatic heterocycles. The number of allylic oxidation sites excluding steroid dienone is 1. The van der Waals surface area contributed by atoms with Crippen LogP contribution in [-0.2, 0) is 4.79 Å². The number of rotatable bonds is 5. The fourth-order valence-electron chi connectivity index (χ4n) is 5.13. The number of benzene rings is 2. The predicted molar refractivity (Wildman–Crippen MR) is 156 cm³/mol. The summed E-state index contributed by atoms with van der Waals surface area (Å²) in [5.74, 6) is -0.251. The van der Waals surface area contributed by atoms with Crippen LogP contribution in [0.25, 0.3) is 6.08 Å². The van der Waals surface area contributed by atoms with Gasteiger partial charge in [0, 0.05) is 29.3 Å². The molecule has 192 valence electrons. The topological polar surface area (TPSA) is 66.7 Å². The van der Waals surface area contributed by atoms with Crippen molar-refractivity contribution < 1.29 is 4.79 Å². The Labute approximate surface area is 228 Å². The number of nitrogens with one attached hydrogen (secondary N) is 1. The Morgan fingerprint density at radius 1 is 1.00 bits per heavy atom. The molecule has 2 aromatic heterocycles. The molecule has 0 aliphatic carbocycles. The molecule has 0 spiro atoms. The van der Waals surface area contributed by atoms with Crippen molar-refractivity contribution >= 4 is 46.0 Å². The number of aromatic nitrogens is 1. The molecule has 6 rings (SSSR count). The summed E-state index contributed by atoms with van der Waals surface area (Å²) < 4.78 is 2.28. The van der Waals surface area contributed by atoms with Crippen molar-refractivity contribution in [2.24, 2.45) is 4.99 Å². The van der Waals surface area contributed by atoms with Gasteiger partial charge in [-0.05, 0) is 73.5 Å². The van der Waals surface area contributed by atoms with Gasteiger partial charge in [0.15, 0.2) is 4.80 Å². The third kappa shape index (κ3) is 4.77. The molecule has 4 aromatic rings. The monoisotopic (exact) mass is 540 g/mol. The van der Waals surface area contributed by atoms with E-state index in [4.69, 9.17) is 4.99 Å². The molecule has 4 heterocycles. The lowest BCUT2D eigenvalue weighted by molar-refractivity contribution is -0.113. The quantitative estimate of drug-likeness (QED) is 0.391. The SMILES string of the molecule is CC1=C(C(=O)Nc2ccccc2)[C@H](c2cccs2)n2c(s/c(=C/c3ccc(N4CCCCC4)cc3)c2=O)=N1. The van der Waals surface area contributed by atoms with Crippen LogP contribution < -0.4 is 25.1 Å². The van der Waals surface area contributed by atoms with Gasteiger partial charge in [0.25, 0.3) is 11.5 Å². The smallest absolute Gasteiger partial charge is 0.271 e. The van der Waals surface area contributed by atoms with Crippen LogP contribution in [0.15, 0.2) is 93.2 Å². The standard InChI is InChI=1S/C30H28N4O2S2/c1-20-26(28(35)32-22-9-4-2-5-10-22)27(24-11-8-18-37-24)34-29(36)25(38-30(34)31-20)19-21-12-14-23(15-13-21)33-16-6-3-7-17-33/h2,4-5,8-15,18-19,27H,3,6-7,16-17H2,1H3,(H,32,35)/b25-19+/t27-/m0/s1. The van der Waals surface area contributed by atoms with Crippen molar-refractivity contribution in [3.63, 3.8) is 0 Å². The summed E-state index contributed by atoms with van der Waals surface area (Å²) in [7, 11) is 0. The van der Waals surface area contributed by atoms with E-state index in [1.165, 1.54) is 47.6 Å². The van der Waals surface area contributed by atoms with E-state index >= 15 is 0 Å². The molecule has 1 amide bonds. The van der Waals surface area contributed by atoms with Crippen LogP contribution in [0.2, 0.25) is 0 Å². The Hall–Kier alpha value is -3.75. The van der Waals surface area contributed by atoms with E-state index in [9.17, 15) is 9.59 Å². The first-order chi connectivity index (χ1) is 18.6. The number of para-hydroxylation sites is 1. The van der Waals surface area contributed by atoms with Crippen LogP contribution in [-0.4, -0.2) is 23.6 Å². The van der Waals surface area contributed by atoms with Gasteiger partial charge in [-0.1, -0.05) is 47.7 Å². The number of hydrogen-bond donors (Lipinski definition) is 1. The molecule has 8 heteroatoms. The summed E-state index contributed by atoms with van der Waals surface area (Å²) in [6, 6.07) is 21.2. The maximum absolute atomic E-state index is 13.8. The summed E-state index contributed by atoms with van der Waals surface area (Å²) in [6.07, 6.45) is 5.70. The van der Waals surface area contributed by atoms with E-state index < -0.39 is 6.04 Å². The highest BCUT2D eigenvalue weighted by atomic mass is 32.1. The third-order valence-electron chi connectivity index (χ3n) is 7.02. The van der Waals surface area contributed by atoms with Crippen LogP contribution in [0.1, 0.15) is 42.7 Å². The second-order valence-electron chi connectivity index (χ2n) is 9.56. The van der Waals surface area contributed by atoms with Crippen molar-refractivity contribution in [3.05, 3.63) is 114 Å². The Morgan fingerprint density at radius 2 is 1.76 bits per heavy atom. The van der Waals surface area contributed by atoms with Crippen molar-refractivity contribution in [2.45, 2.75) is 32.2 Å². The highest BCUT2D eigenvalue weighted by Gasteiger charge is 2.33. The average molecular weight is 541 g/mol. The van der Waals surface area contributed by atoms with E-state index in [-0.39, 0.29) is 11.5 Å². The number of nitrogens with zero attached hydrogens (tertiary/aromatic N) is 3. The Morgan fingerprint density at radius 3 is 2.47 bits per heavy atom. The number of thiazole rings is 1. The lowest BCUT2D eigenvalue weighted by atomic mass is 10.0. The minimum atomic E-state index is -0.529. The molecule has 38 heavy (non-hydrogen) atoms. The maximum Gasteiger partial charge on any atom is 0.271 e. The molecule has 6 nitrogen and oxygen atoms in total. The molecule has 1 N–H and O–H groups in total. The minimum Gasteiger partial charge on any atom is -0.372 e. The first-order valence-electron chi connectivity index (χ1n) is 12.9. The molecule has 2 aliphatic rings. The Kier molecular flexibility index (Phi) is 6.82. The van der Waals surface area contributed by atoms with E-state index in [1.807, 2.05) is 60.8 Å². The molecule has 0 saturated carbocycles. The second kappa shape index (κ2) is 10.6. The highest BCUT2D eigenvalue weighted by Crippen LogP contribution is 2.33. The normalized spacial score (nSPS) is 17.8. The number of amides is 1. The van der Waals surface area contributed by atoms with Gasteiger partial charge < -0.3 is 10.2 Å². The Bertz CT molecular complexity index is 1660. The number of piperidine rings is 1. The predicted octanol–water partition coefficient (Wildman–Crippen LogP) is 4.93. The van der Waals surface area contributed by atoms with Gasteiger partial charge in [0.1, 0.15) is 6.04 Å². The van der Waals surface area contributed by atoms with Crippen molar-refractivity contribution in [1.29, 1.82) is 0 Å². The zero-order valence-corrected chi connectivity index (χ0v) is 22.7. The zero-order valence-electron chi connectivity index (χ0n) is 21.1. The third-order valence-corrected chi connectivity index (χ3v) is 8.93. The fraction of sp³-hybridized carbons (Fsp3) is 0.233. The number of thiophene rings is 1. The van der Waals surface area contributed by atoms with Gasteiger partial charge in [-0.25, -0.2) is 4.99 Å². The van der Waals surface area contributed by atoms with Crippen molar-refractivity contribution in [1.82, 2.24) is 4.57 Å². The number of carbonyl (C=O) groups is 1. The first-order valence-corrected chi connectivity index (χ1v) is 14.6. The summed E-state index contributed by atoms with van der Waals surface area (Å²) in [6.45, 7) is 4.04. The van der Waals surface area contributed by atoms with Crippen LogP contribution in [0.3, 0.4) is 0 Å². The number of carbonyl (C=O) groups excluding carboxylic acids is 1. The molecular weight excluding hydrogens is 512 g/mol. The minimum absolute atomic E-state index is 0.134. The van der Waals surface area contributed by atoms with Crippen LogP contribution in [0.5, 0.6) is 0 Å². The highest BCUT2D eigenvalue weighted by molar-refractivity contribution is 7.10. The van der Waals surface area contributed by atoms with Gasteiger partial charge >= 0.3 is 0 Å². The zero-order chi connectivity index (χ0) is 26.1. The van der Waals surface area contributed by atoms with Crippen LogP contribution in [0, 0.1) is 0 Å². The molecule has 0 unspecified atom stereocenters. The summed E-state index contributed by atoms with van der Waals surface area (Å²) in [5.41, 5.74) is 3.88. The molecule has 0 radical (unpaired) electrons. The van der Waals surface area contributed by atoms with Gasteiger partial charge in [-0.3, -0.25) is 14.2 Å². The van der Waals surface area contributed by atoms with E-state index in [2.05, 4.69) is 34.5 Å². The van der Waals surface area contributed by atoms with E-state index in [0.29, 0.717) is 26.3 Å². The fourth-order valence-corrected chi connectivity index (χ4v) is 7.00. The second-order valence-corrected chi connectivity index (χ2v) is 11.5. The maximum atomic E-state index is 13.8. The molecular formula is C30H28N4O2S2. The van der Waals surface area contributed by atoms with Gasteiger partial charge in [0.2, 0.25) is 0 Å². The lowest BCUT2D eigenvalue weighted by Gasteiger charge is -2.28. The Balaban J connectivity index is 1.38. The summed E-state index contributed by atoms with van der Waals surface area (Å²) in [4.78, 5) is 36.0. The van der Waals surface area contributed by atoms with E-state index in [0.717, 1.165) is 23.5 Å². The summed E-state index contributed by atoms with van der Waals surface area (Å²) in [5, 5.41) is 4.96. The number of anilines is 2. The molecule has 1 atom stereocenters. The van der Waals surface area contributed by atoms with Gasteiger partial charge in [-0.15, -0.1) is 11.3 Å².